The van der Waals surface area contributed by atoms with E-state index in [1.807, 2.05) is 22.6 Å². The molecule has 0 saturated heterocycles. The van der Waals surface area contributed by atoms with Crippen molar-refractivity contribution in [1.29, 1.82) is 0 Å². The largest absolute Gasteiger partial charge is 0.293 e. The average molecular weight is 333 g/mol. The molecule has 0 saturated carbocycles. The van der Waals surface area contributed by atoms with Crippen molar-refractivity contribution in [3.63, 3.8) is 0 Å². The Bertz CT molecular complexity index is 354. The van der Waals surface area contributed by atoms with E-state index >= 15 is 0 Å². The van der Waals surface area contributed by atoms with Crippen LogP contribution in [0.3, 0.4) is 0 Å². The molecule has 0 N–H and O–H groups in total. The first-order valence-electron chi connectivity index (χ1n) is 3.30. The Labute approximate surface area is 98.4 Å². The summed E-state index contributed by atoms with van der Waals surface area (Å²) in [5.74, 6) is -1.28. The van der Waals surface area contributed by atoms with Gasteiger partial charge in [0.05, 0.1) is 16.5 Å². The maximum atomic E-state index is 13.1. The Hall–Kier alpha value is 0.130. The maximum absolute atomic E-state index is 13.1. The van der Waals surface area contributed by atoms with Crippen LogP contribution in [-0.2, 0) is 0 Å². The number of Topliss-reactive ketones (excluding diaryl/α,β-unsaturated/α-hetero) is 1. The second-order valence-electron chi connectivity index (χ2n) is 2.27. The summed E-state index contributed by atoms with van der Waals surface area (Å²) in [6, 6.07) is 2.56. The van der Waals surface area contributed by atoms with Crippen molar-refractivity contribution < 1.29 is 9.18 Å². The van der Waals surface area contributed by atoms with Crippen LogP contribution in [0.25, 0.3) is 0 Å². The van der Waals surface area contributed by atoms with Gasteiger partial charge in [-0.3, -0.25) is 4.79 Å². The lowest BCUT2D eigenvalue weighted by molar-refractivity contribution is 0.101. The van der Waals surface area contributed by atoms with E-state index < -0.39 is 11.6 Å². The van der Waals surface area contributed by atoms with E-state index in [4.69, 9.17) is 23.2 Å². The monoisotopic (exact) mass is 332 g/mol. The first-order chi connectivity index (χ1) is 6.07. The van der Waals surface area contributed by atoms with Gasteiger partial charge in [0.25, 0.3) is 0 Å². The summed E-state index contributed by atoms with van der Waals surface area (Å²) in [6.07, 6.45) is 0. The summed E-state index contributed by atoms with van der Waals surface area (Å²) in [7, 11) is 0. The molecule has 0 aliphatic rings. The smallest absolute Gasteiger partial charge is 0.181 e. The van der Waals surface area contributed by atoms with Crippen LogP contribution >= 0.6 is 45.8 Å². The Morgan fingerprint density at radius 1 is 1.54 bits per heavy atom. The number of halogens is 4. The molecule has 70 valence electrons. The minimum absolute atomic E-state index is 0.0249. The third kappa shape index (κ3) is 2.33. The van der Waals surface area contributed by atoms with Gasteiger partial charge in [-0.15, -0.1) is 11.6 Å². The number of carbonyl (C=O) groups excluding carboxylic acids is 1. The maximum Gasteiger partial charge on any atom is 0.181 e. The Morgan fingerprint density at radius 2 is 2.15 bits per heavy atom. The van der Waals surface area contributed by atoms with Crippen LogP contribution in [0, 0.1) is 9.39 Å². The number of benzene rings is 1. The zero-order valence-electron chi connectivity index (χ0n) is 6.28. The van der Waals surface area contributed by atoms with Crippen molar-refractivity contribution in [2.24, 2.45) is 0 Å². The van der Waals surface area contributed by atoms with Crippen molar-refractivity contribution in [3.05, 3.63) is 32.1 Å². The van der Waals surface area contributed by atoms with E-state index in [1.165, 1.54) is 6.07 Å². The lowest BCUT2D eigenvalue weighted by atomic mass is 10.1. The van der Waals surface area contributed by atoms with Crippen molar-refractivity contribution in [1.82, 2.24) is 0 Å². The normalized spacial score (nSPS) is 10.2. The van der Waals surface area contributed by atoms with Crippen LogP contribution in [0.15, 0.2) is 12.1 Å². The number of rotatable bonds is 2. The molecule has 0 aliphatic carbocycles. The SMILES string of the molecule is O=C(CCl)c1c(F)ccc(Cl)c1I. The summed E-state index contributed by atoms with van der Waals surface area (Å²) < 4.78 is 13.5. The highest BCUT2D eigenvalue weighted by molar-refractivity contribution is 14.1. The van der Waals surface area contributed by atoms with Crippen LogP contribution in [-0.4, -0.2) is 11.7 Å². The molecule has 0 aromatic heterocycles. The molecule has 0 heterocycles. The predicted octanol–water partition coefficient (Wildman–Crippen LogP) is 3.51. The predicted molar refractivity (Wildman–Crippen MR) is 59.2 cm³/mol. The minimum Gasteiger partial charge on any atom is -0.293 e. The molecule has 0 unspecified atom stereocenters. The van der Waals surface area contributed by atoms with Gasteiger partial charge in [0, 0.05) is 3.57 Å². The molecule has 0 fully saturated rings. The summed E-state index contributed by atoms with van der Waals surface area (Å²) >= 11 is 12.9. The molecule has 1 aromatic rings. The summed E-state index contributed by atoms with van der Waals surface area (Å²) in [4.78, 5) is 11.2. The van der Waals surface area contributed by atoms with Gasteiger partial charge in [-0.25, -0.2) is 4.39 Å². The first-order valence-corrected chi connectivity index (χ1v) is 5.29. The number of hydrogen-bond acceptors (Lipinski definition) is 1. The van der Waals surface area contributed by atoms with Gasteiger partial charge in [-0.05, 0) is 34.7 Å². The van der Waals surface area contributed by atoms with Gasteiger partial charge in [-0.1, -0.05) is 11.6 Å². The van der Waals surface area contributed by atoms with E-state index in [0.29, 0.717) is 8.59 Å². The molecule has 5 heteroatoms. The van der Waals surface area contributed by atoms with E-state index in [0.717, 1.165) is 6.07 Å². The second kappa shape index (κ2) is 4.57. The standard InChI is InChI=1S/C8H4Cl2FIO/c9-3-6(13)7-5(11)2-1-4(10)8(7)12/h1-2H,3H2. The molecule has 0 aliphatic heterocycles. The molecule has 0 amide bonds. The molecular weight excluding hydrogens is 329 g/mol. The lowest BCUT2D eigenvalue weighted by Crippen LogP contribution is -2.06. The van der Waals surface area contributed by atoms with Crippen LogP contribution < -0.4 is 0 Å². The highest BCUT2D eigenvalue weighted by Gasteiger charge is 2.16. The van der Waals surface area contributed by atoms with E-state index in [2.05, 4.69) is 0 Å². The number of hydrogen-bond donors (Lipinski definition) is 0. The molecule has 0 radical (unpaired) electrons. The van der Waals surface area contributed by atoms with Gasteiger partial charge in [0.15, 0.2) is 5.78 Å². The van der Waals surface area contributed by atoms with Crippen LogP contribution in [0.4, 0.5) is 4.39 Å². The zero-order chi connectivity index (χ0) is 10.0. The Kier molecular flexibility index (Phi) is 3.94. The van der Waals surface area contributed by atoms with E-state index in [9.17, 15) is 9.18 Å². The third-order valence-electron chi connectivity index (χ3n) is 1.44. The zero-order valence-corrected chi connectivity index (χ0v) is 9.95. The fourth-order valence-electron chi connectivity index (χ4n) is 0.849. The van der Waals surface area contributed by atoms with Gasteiger partial charge >= 0.3 is 0 Å². The van der Waals surface area contributed by atoms with Crippen molar-refractivity contribution in [2.45, 2.75) is 0 Å². The first kappa shape index (κ1) is 11.2. The van der Waals surface area contributed by atoms with Crippen molar-refractivity contribution in [2.75, 3.05) is 5.88 Å². The highest BCUT2D eigenvalue weighted by Crippen LogP contribution is 2.25. The van der Waals surface area contributed by atoms with Crippen LogP contribution in [0.5, 0.6) is 0 Å². The van der Waals surface area contributed by atoms with E-state index in [1.54, 1.807) is 0 Å². The van der Waals surface area contributed by atoms with Gasteiger partial charge in [0.2, 0.25) is 0 Å². The Balaban J connectivity index is 3.33. The number of ketones is 1. The van der Waals surface area contributed by atoms with Gasteiger partial charge < -0.3 is 0 Å². The molecule has 13 heavy (non-hydrogen) atoms. The molecule has 0 bridgehead atoms. The lowest BCUT2D eigenvalue weighted by Gasteiger charge is -2.04. The highest BCUT2D eigenvalue weighted by atomic mass is 127. The second-order valence-corrected chi connectivity index (χ2v) is 4.03. The molecule has 1 aromatic carbocycles. The Morgan fingerprint density at radius 3 is 2.69 bits per heavy atom. The topological polar surface area (TPSA) is 17.1 Å². The average Bonchev–Trinajstić information content (AvgIpc) is 2.12. The fraction of sp³-hybridized carbons (Fsp3) is 0.125. The van der Waals surface area contributed by atoms with Crippen molar-refractivity contribution >= 4 is 51.6 Å². The summed E-state index contributed by atoms with van der Waals surface area (Å²) in [5.41, 5.74) is -0.0249. The molecule has 1 rings (SSSR count). The molecule has 0 atom stereocenters. The molecule has 1 nitrogen and oxygen atoms in total. The van der Waals surface area contributed by atoms with Gasteiger partial charge in [0.1, 0.15) is 5.82 Å². The van der Waals surface area contributed by atoms with Crippen LogP contribution in [0.1, 0.15) is 10.4 Å². The third-order valence-corrected chi connectivity index (χ3v) is 3.44. The number of alkyl halides is 1. The summed E-state index contributed by atoms with van der Waals surface area (Å²) in [5, 5.41) is 0.357. The molecular formula is C8H4Cl2FIO. The minimum atomic E-state index is -0.584. The summed E-state index contributed by atoms with van der Waals surface area (Å²) in [6.45, 7) is 0. The number of carbonyl (C=O) groups is 1. The fourth-order valence-corrected chi connectivity index (χ4v) is 1.88. The molecule has 0 spiro atoms. The van der Waals surface area contributed by atoms with E-state index in [-0.39, 0.29) is 11.4 Å². The quantitative estimate of drug-likeness (QED) is 0.350. The van der Waals surface area contributed by atoms with Crippen molar-refractivity contribution in [3.8, 4) is 0 Å². The van der Waals surface area contributed by atoms with Crippen LogP contribution in [0.2, 0.25) is 5.02 Å². The van der Waals surface area contributed by atoms with Gasteiger partial charge in [-0.2, -0.15) is 0 Å².